The van der Waals surface area contributed by atoms with Crippen molar-refractivity contribution in [3.8, 4) is 0 Å². The van der Waals surface area contributed by atoms with Crippen molar-refractivity contribution in [2.24, 2.45) is 0 Å². The maximum atomic E-state index is 11.4. The van der Waals surface area contributed by atoms with Gasteiger partial charge in [-0.25, -0.2) is 8.42 Å². The minimum Gasteiger partial charge on any atom is -0.385 e. The molecule has 1 heterocycles. The van der Waals surface area contributed by atoms with E-state index in [2.05, 4.69) is 17.1 Å². The van der Waals surface area contributed by atoms with Crippen LogP contribution in [0.1, 0.15) is 13.3 Å². The molecule has 1 aliphatic heterocycles. The van der Waals surface area contributed by atoms with Crippen molar-refractivity contribution in [1.82, 2.24) is 14.5 Å². The number of nitrogens with one attached hydrogen (secondary N) is 1. The summed E-state index contributed by atoms with van der Waals surface area (Å²) in [5, 5.41) is 3.41. The summed E-state index contributed by atoms with van der Waals surface area (Å²) in [5.74, 6) is 0. The summed E-state index contributed by atoms with van der Waals surface area (Å²) in [6, 6.07) is 0.434. The molecule has 1 aliphatic rings. The molecule has 0 aliphatic carbocycles. The quantitative estimate of drug-likeness (QED) is 0.616. The summed E-state index contributed by atoms with van der Waals surface area (Å²) < 4.78 is 29.4. The Labute approximate surface area is 117 Å². The van der Waals surface area contributed by atoms with Gasteiger partial charge in [0.1, 0.15) is 0 Å². The molecule has 0 saturated carbocycles. The zero-order valence-corrected chi connectivity index (χ0v) is 13.1. The Balaban J connectivity index is 2.20. The number of piperazine rings is 1. The summed E-state index contributed by atoms with van der Waals surface area (Å²) in [6.45, 7) is 7.69. The second-order valence-corrected chi connectivity index (χ2v) is 7.08. The van der Waals surface area contributed by atoms with Crippen LogP contribution < -0.4 is 5.32 Å². The maximum Gasteiger partial charge on any atom is 0.211 e. The SMILES string of the molecule is COCCCNCC(C)N1CCN(S(C)(=O)=O)CC1. The highest BCUT2D eigenvalue weighted by Gasteiger charge is 2.25. The van der Waals surface area contributed by atoms with E-state index in [1.165, 1.54) is 6.26 Å². The molecule has 6 nitrogen and oxygen atoms in total. The summed E-state index contributed by atoms with van der Waals surface area (Å²) in [4.78, 5) is 2.34. The summed E-state index contributed by atoms with van der Waals surface area (Å²) in [6.07, 6.45) is 2.30. The molecule has 7 heteroatoms. The Morgan fingerprint density at radius 3 is 2.42 bits per heavy atom. The standard InChI is InChI=1S/C12H27N3O3S/c1-12(11-13-5-4-10-18-2)14-6-8-15(9-7-14)19(3,16)17/h12-13H,4-11H2,1-3H3. The molecule has 0 radical (unpaired) electrons. The van der Waals surface area contributed by atoms with E-state index >= 15 is 0 Å². The van der Waals surface area contributed by atoms with Gasteiger partial charge in [0, 0.05) is 52.5 Å². The molecule has 0 amide bonds. The van der Waals surface area contributed by atoms with Crippen LogP contribution in [0.2, 0.25) is 0 Å². The number of nitrogens with zero attached hydrogens (tertiary/aromatic N) is 2. The van der Waals surface area contributed by atoms with Crippen molar-refractivity contribution in [3.63, 3.8) is 0 Å². The van der Waals surface area contributed by atoms with Crippen LogP contribution in [0.25, 0.3) is 0 Å². The largest absolute Gasteiger partial charge is 0.385 e. The fourth-order valence-corrected chi connectivity index (χ4v) is 3.08. The van der Waals surface area contributed by atoms with Gasteiger partial charge < -0.3 is 10.1 Å². The molecular formula is C12H27N3O3S. The molecular weight excluding hydrogens is 266 g/mol. The molecule has 1 saturated heterocycles. The van der Waals surface area contributed by atoms with Gasteiger partial charge in [0.2, 0.25) is 10.0 Å². The minimum atomic E-state index is -3.03. The molecule has 0 aromatic rings. The van der Waals surface area contributed by atoms with E-state index in [1.807, 2.05) is 0 Å². The highest BCUT2D eigenvalue weighted by molar-refractivity contribution is 7.88. The molecule has 1 rings (SSSR count). The van der Waals surface area contributed by atoms with Gasteiger partial charge >= 0.3 is 0 Å². The zero-order chi connectivity index (χ0) is 14.3. The molecule has 114 valence electrons. The molecule has 0 spiro atoms. The maximum absolute atomic E-state index is 11.4. The van der Waals surface area contributed by atoms with E-state index < -0.39 is 10.0 Å². The predicted molar refractivity (Wildman–Crippen MR) is 76.8 cm³/mol. The van der Waals surface area contributed by atoms with E-state index in [0.29, 0.717) is 19.1 Å². The van der Waals surface area contributed by atoms with Crippen LogP contribution in [0.15, 0.2) is 0 Å². The van der Waals surface area contributed by atoms with E-state index in [0.717, 1.165) is 39.2 Å². The van der Waals surface area contributed by atoms with Gasteiger partial charge in [-0.05, 0) is 19.9 Å². The van der Waals surface area contributed by atoms with E-state index in [4.69, 9.17) is 4.74 Å². The second-order valence-electron chi connectivity index (χ2n) is 5.10. The number of methoxy groups -OCH3 is 1. The molecule has 1 fully saturated rings. The van der Waals surface area contributed by atoms with Gasteiger partial charge in [0.05, 0.1) is 6.26 Å². The van der Waals surface area contributed by atoms with Gasteiger partial charge in [0.25, 0.3) is 0 Å². The third-order valence-electron chi connectivity index (χ3n) is 3.51. The summed E-state index contributed by atoms with van der Waals surface area (Å²) >= 11 is 0. The lowest BCUT2D eigenvalue weighted by atomic mass is 10.2. The number of rotatable bonds is 8. The number of hydrogen-bond donors (Lipinski definition) is 1. The van der Waals surface area contributed by atoms with Crippen LogP contribution in [0.5, 0.6) is 0 Å². The molecule has 0 aromatic carbocycles. The second kappa shape index (κ2) is 8.16. The van der Waals surface area contributed by atoms with Crippen molar-refractivity contribution in [1.29, 1.82) is 0 Å². The first-order valence-electron chi connectivity index (χ1n) is 6.84. The van der Waals surface area contributed by atoms with Crippen molar-refractivity contribution in [2.45, 2.75) is 19.4 Å². The van der Waals surface area contributed by atoms with Crippen LogP contribution in [-0.2, 0) is 14.8 Å². The average molecular weight is 293 g/mol. The van der Waals surface area contributed by atoms with Crippen LogP contribution in [0.3, 0.4) is 0 Å². The van der Waals surface area contributed by atoms with Crippen LogP contribution in [0.4, 0.5) is 0 Å². The Kier molecular flexibility index (Phi) is 7.23. The van der Waals surface area contributed by atoms with E-state index in [-0.39, 0.29) is 0 Å². The first-order valence-corrected chi connectivity index (χ1v) is 8.69. The lowest BCUT2D eigenvalue weighted by Gasteiger charge is -2.37. The Morgan fingerprint density at radius 2 is 1.89 bits per heavy atom. The monoisotopic (exact) mass is 293 g/mol. The Morgan fingerprint density at radius 1 is 1.26 bits per heavy atom. The Bertz CT molecular complexity index is 340. The number of ether oxygens (including phenoxy) is 1. The summed E-state index contributed by atoms with van der Waals surface area (Å²) in [5.41, 5.74) is 0. The topological polar surface area (TPSA) is 61.9 Å². The predicted octanol–water partition coefficient (Wildman–Crippen LogP) is -0.422. The van der Waals surface area contributed by atoms with E-state index in [9.17, 15) is 8.42 Å². The highest BCUT2D eigenvalue weighted by Crippen LogP contribution is 2.08. The van der Waals surface area contributed by atoms with Crippen LogP contribution in [-0.4, -0.2) is 82.9 Å². The van der Waals surface area contributed by atoms with Crippen molar-refractivity contribution in [2.75, 3.05) is 59.2 Å². The van der Waals surface area contributed by atoms with Crippen LogP contribution in [0, 0.1) is 0 Å². The fraction of sp³-hybridized carbons (Fsp3) is 1.00. The molecule has 1 atom stereocenters. The molecule has 19 heavy (non-hydrogen) atoms. The number of sulfonamides is 1. The molecule has 0 bridgehead atoms. The zero-order valence-electron chi connectivity index (χ0n) is 12.3. The van der Waals surface area contributed by atoms with Gasteiger partial charge in [-0.3, -0.25) is 4.90 Å². The van der Waals surface area contributed by atoms with Crippen molar-refractivity contribution in [3.05, 3.63) is 0 Å². The van der Waals surface area contributed by atoms with Crippen LogP contribution >= 0.6 is 0 Å². The average Bonchev–Trinajstić information content (AvgIpc) is 2.37. The first-order chi connectivity index (χ1) is 8.95. The smallest absolute Gasteiger partial charge is 0.211 e. The van der Waals surface area contributed by atoms with Crippen molar-refractivity contribution >= 4 is 10.0 Å². The fourth-order valence-electron chi connectivity index (χ4n) is 2.26. The summed E-state index contributed by atoms with van der Waals surface area (Å²) in [7, 11) is -1.31. The lowest BCUT2D eigenvalue weighted by molar-refractivity contribution is 0.142. The van der Waals surface area contributed by atoms with E-state index in [1.54, 1.807) is 11.4 Å². The Hall–Kier alpha value is -0.210. The third-order valence-corrected chi connectivity index (χ3v) is 4.81. The van der Waals surface area contributed by atoms with Gasteiger partial charge in [0.15, 0.2) is 0 Å². The van der Waals surface area contributed by atoms with Gasteiger partial charge in [-0.2, -0.15) is 4.31 Å². The first kappa shape index (κ1) is 16.8. The third kappa shape index (κ3) is 6.18. The highest BCUT2D eigenvalue weighted by atomic mass is 32.2. The van der Waals surface area contributed by atoms with Gasteiger partial charge in [-0.15, -0.1) is 0 Å². The molecule has 1 N–H and O–H groups in total. The minimum absolute atomic E-state index is 0.434. The molecule has 1 unspecified atom stereocenters. The number of hydrogen-bond acceptors (Lipinski definition) is 5. The molecule has 0 aromatic heterocycles. The van der Waals surface area contributed by atoms with Crippen molar-refractivity contribution < 1.29 is 13.2 Å². The lowest BCUT2D eigenvalue weighted by Crippen LogP contribution is -2.53. The normalized spacial score (nSPS) is 20.6. The van der Waals surface area contributed by atoms with Gasteiger partial charge in [-0.1, -0.05) is 0 Å².